The average molecular weight is 322 g/mol. The monoisotopic (exact) mass is 322 g/mol. The van der Waals surface area contributed by atoms with Gasteiger partial charge in [0.2, 0.25) is 10.0 Å². The van der Waals surface area contributed by atoms with Gasteiger partial charge in [0.05, 0.1) is 13.2 Å². The molecule has 0 aliphatic rings. The molecule has 2 N–H and O–H groups in total. The minimum absolute atomic E-state index is 0.218. The summed E-state index contributed by atoms with van der Waals surface area (Å²) in [5.74, 6) is 0. The highest BCUT2D eigenvalue weighted by atomic mass is 32.2. The highest BCUT2D eigenvalue weighted by Gasteiger charge is 2.29. The maximum absolute atomic E-state index is 12.8. The maximum atomic E-state index is 12.8. The van der Waals surface area contributed by atoms with Crippen LogP contribution < -0.4 is 5.73 Å². The van der Waals surface area contributed by atoms with Crippen molar-refractivity contribution in [2.45, 2.75) is 18.4 Å². The predicted octanol–water partition coefficient (Wildman–Crippen LogP) is 0.799. The first-order chi connectivity index (χ1) is 9.48. The Morgan fingerprint density at radius 1 is 1.25 bits per heavy atom. The Balaban J connectivity index is 3.10. The molecule has 0 radical (unpaired) electrons. The number of rotatable bonds is 9. The van der Waals surface area contributed by atoms with E-state index < -0.39 is 10.0 Å². The first-order valence-electron chi connectivity index (χ1n) is 6.24. The zero-order valence-corrected chi connectivity index (χ0v) is 13.7. The average Bonchev–Trinajstić information content (AvgIpc) is 2.80. The number of methoxy groups -OCH3 is 2. The van der Waals surface area contributed by atoms with E-state index in [1.165, 1.54) is 15.6 Å². The lowest BCUT2D eigenvalue weighted by atomic mass is 10.3. The smallest absolute Gasteiger partial charge is 0.244 e. The number of ether oxygens (including phenoxy) is 2. The minimum atomic E-state index is -3.57. The van der Waals surface area contributed by atoms with Gasteiger partial charge < -0.3 is 15.2 Å². The lowest BCUT2D eigenvalue weighted by Gasteiger charge is -2.22. The van der Waals surface area contributed by atoms with E-state index in [1.54, 1.807) is 21.1 Å². The topological polar surface area (TPSA) is 81.9 Å². The number of sulfonamides is 1. The molecule has 0 fully saturated rings. The number of hydrogen-bond acceptors (Lipinski definition) is 6. The van der Waals surface area contributed by atoms with Crippen LogP contribution in [0.1, 0.15) is 10.4 Å². The number of hydrogen-bond donors (Lipinski definition) is 1. The third kappa shape index (κ3) is 4.00. The van der Waals surface area contributed by atoms with E-state index in [1.807, 2.05) is 5.38 Å². The van der Waals surface area contributed by atoms with Crippen LogP contribution in [0.4, 0.5) is 0 Å². The van der Waals surface area contributed by atoms with Crippen LogP contribution in [0.25, 0.3) is 0 Å². The van der Waals surface area contributed by atoms with Crippen LogP contribution in [0.3, 0.4) is 0 Å². The van der Waals surface area contributed by atoms with Crippen LogP contribution in [-0.2, 0) is 26.0 Å². The van der Waals surface area contributed by atoms with Crippen molar-refractivity contribution in [2.75, 3.05) is 40.5 Å². The van der Waals surface area contributed by atoms with Crippen molar-refractivity contribution >= 4 is 21.4 Å². The van der Waals surface area contributed by atoms with Crippen molar-refractivity contribution in [1.82, 2.24) is 4.31 Å². The quantitative estimate of drug-likeness (QED) is 0.727. The normalized spacial score (nSPS) is 12.2. The third-order valence-corrected chi connectivity index (χ3v) is 6.25. The van der Waals surface area contributed by atoms with E-state index >= 15 is 0 Å². The van der Waals surface area contributed by atoms with Crippen molar-refractivity contribution in [3.63, 3.8) is 0 Å². The molecule has 1 heterocycles. The molecule has 0 amide bonds. The highest BCUT2D eigenvalue weighted by molar-refractivity contribution is 7.89. The molecule has 0 aromatic carbocycles. The Morgan fingerprint density at radius 2 is 1.80 bits per heavy atom. The molecule has 0 unspecified atom stereocenters. The van der Waals surface area contributed by atoms with Crippen molar-refractivity contribution in [3.05, 3.63) is 15.8 Å². The molecular formula is C12H22N2O4S2. The summed E-state index contributed by atoms with van der Waals surface area (Å²) in [7, 11) is -0.484. The SMILES string of the molecule is COCCN(CCOC)S(=O)(=O)c1c(C)csc1CN. The Bertz CT molecular complexity index is 506. The van der Waals surface area contributed by atoms with Gasteiger partial charge in [-0.05, 0) is 17.9 Å². The van der Waals surface area contributed by atoms with Crippen molar-refractivity contribution in [3.8, 4) is 0 Å². The molecule has 0 aliphatic heterocycles. The largest absolute Gasteiger partial charge is 0.383 e. The molecule has 0 saturated heterocycles. The highest BCUT2D eigenvalue weighted by Crippen LogP contribution is 2.29. The molecule has 0 saturated carbocycles. The number of nitrogens with two attached hydrogens (primary N) is 1. The molecule has 1 aromatic heterocycles. The van der Waals surface area contributed by atoms with Gasteiger partial charge in [-0.1, -0.05) is 0 Å². The van der Waals surface area contributed by atoms with E-state index in [2.05, 4.69) is 0 Å². The third-order valence-electron chi connectivity index (χ3n) is 2.86. The van der Waals surface area contributed by atoms with Gasteiger partial charge in [0, 0.05) is 38.7 Å². The Hall–Kier alpha value is -0.510. The van der Waals surface area contributed by atoms with Crippen LogP contribution >= 0.6 is 11.3 Å². The molecule has 0 spiro atoms. The summed E-state index contributed by atoms with van der Waals surface area (Å²) in [6, 6.07) is 0. The Morgan fingerprint density at radius 3 is 2.25 bits per heavy atom. The van der Waals surface area contributed by atoms with E-state index in [0.29, 0.717) is 36.1 Å². The van der Waals surface area contributed by atoms with E-state index in [9.17, 15) is 8.42 Å². The van der Waals surface area contributed by atoms with Gasteiger partial charge in [0.25, 0.3) is 0 Å². The number of nitrogens with zero attached hydrogens (tertiary/aromatic N) is 1. The van der Waals surface area contributed by atoms with Gasteiger partial charge in [-0.3, -0.25) is 0 Å². The van der Waals surface area contributed by atoms with Gasteiger partial charge in [0.15, 0.2) is 0 Å². The Labute approximate surface area is 124 Å². The van der Waals surface area contributed by atoms with Crippen molar-refractivity contribution in [1.29, 1.82) is 0 Å². The molecule has 116 valence electrons. The van der Waals surface area contributed by atoms with Crippen LogP contribution in [-0.4, -0.2) is 53.2 Å². The second kappa shape index (κ2) is 8.06. The van der Waals surface area contributed by atoms with E-state index in [0.717, 1.165) is 5.56 Å². The van der Waals surface area contributed by atoms with Gasteiger partial charge in [0.1, 0.15) is 4.90 Å². The fraction of sp³-hybridized carbons (Fsp3) is 0.667. The molecule has 0 atom stereocenters. The minimum Gasteiger partial charge on any atom is -0.383 e. The molecule has 1 rings (SSSR count). The number of thiophene rings is 1. The van der Waals surface area contributed by atoms with Crippen molar-refractivity contribution < 1.29 is 17.9 Å². The summed E-state index contributed by atoms with van der Waals surface area (Å²) >= 11 is 1.37. The summed E-state index contributed by atoms with van der Waals surface area (Å²) in [5.41, 5.74) is 6.37. The standard InChI is InChI=1S/C12H22N2O4S2/c1-10-9-19-11(8-13)12(10)20(15,16)14(4-6-17-2)5-7-18-3/h9H,4-8,13H2,1-3H3. The maximum Gasteiger partial charge on any atom is 0.244 e. The number of aryl methyl sites for hydroxylation is 1. The van der Waals surface area contributed by atoms with Crippen LogP contribution in [0.5, 0.6) is 0 Å². The fourth-order valence-corrected chi connectivity index (χ4v) is 4.90. The Kier molecular flexibility index (Phi) is 7.07. The van der Waals surface area contributed by atoms with E-state index in [-0.39, 0.29) is 6.54 Å². The van der Waals surface area contributed by atoms with Crippen molar-refractivity contribution in [2.24, 2.45) is 5.73 Å². The summed E-state index contributed by atoms with van der Waals surface area (Å²) in [6.45, 7) is 3.26. The molecule has 0 aliphatic carbocycles. The van der Waals surface area contributed by atoms with Gasteiger partial charge in [-0.2, -0.15) is 4.31 Å². The molecule has 6 nitrogen and oxygen atoms in total. The van der Waals surface area contributed by atoms with Gasteiger partial charge in [-0.15, -0.1) is 11.3 Å². The molecule has 8 heteroatoms. The van der Waals surface area contributed by atoms with Crippen LogP contribution in [0.2, 0.25) is 0 Å². The summed E-state index contributed by atoms with van der Waals surface area (Å²) in [4.78, 5) is 1.01. The predicted molar refractivity (Wildman–Crippen MR) is 79.5 cm³/mol. The second-order valence-electron chi connectivity index (χ2n) is 4.26. The second-order valence-corrected chi connectivity index (χ2v) is 7.10. The first kappa shape index (κ1) is 17.5. The van der Waals surface area contributed by atoms with Gasteiger partial charge >= 0.3 is 0 Å². The molecule has 0 bridgehead atoms. The molecule has 20 heavy (non-hydrogen) atoms. The zero-order valence-electron chi connectivity index (χ0n) is 12.1. The summed E-state index contributed by atoms with van der Waals surface area (Å²) < 4.78 is 36.9. The summed E-state index contributed by atoms with van der Waals surface area (Å²) in [5, 5.41) is 1.82. The first-order valence-corrected chi connectivity index (χ1v) is 8.56. The lowest BCUT2D eigenvalue weighted by molar-refractivity contribution is 0.150. The lowest BCUT2D eigenvalue weighted by Crippen LogP contribution is -2.37. The fourth-order valence-electron chi connectivity index (χ4n) is 1.84. The zero-order chi connectivity index (χ0) is 15.2. The molecular weight excluding hydrogens is 300 g/mol. The van der Waals surface area contributed by atoms with Crippen LogP contribution in [0.15, 0.2) is 10.3 Å². The van der Waals surface area contributed by atoms with E-state index in [4.69, 9.17) is 15.2 Å². The summed E-state index contributed by atoms with van der Waals surface area (Å²) in [6.07, 6.45) is 0. The molecule has 1 aromatic rings. The van der Waals surface area contributed by atoms with Gasteiger partial charge in [-0.25, -0.2) is 8.42 Å². The van der Waals surface area contributed by atoms with Crippen LogP contribution in [0, 0.1) is 6.92 Å².